The van der Waals surface area contributed by atoms with Gasteiger partial charge in [-0.05, 0) is 58.0 Å². The first-order valence-corrected chi connectivity index (χ1v) is 8.78. The minimum Gasteiger partial charge on any atom is -0.314 e. The fraction of sp³-hybridized carbons (Fsp3) is 1.00. The van der Waals surface area contributed by atoms with Gasteiger partial charge in [-0.1, -0.05) is 12.8 Å². The fourth-order valence-corrected chi connectivity index (χ4v) is 4.73. The van der Waals surface area contributed by atoms with Crippen molar-refractivity contribution in [2.45, 2.75) is 57.9 Å². The van der Waals surface area contributed by atoms with Crippen LogP contribution in [0, 0.1) is 5.41 Å². The van der Waals surface area contributed by atoms with Crippen molar-refractivity contribution in [1.82, 2.24) is 15.1 Å². The van der Waals surface area contributed by atoms with Crippen molar-refractivity contribution in [2.75, 3.05) is 45.8 Å². The molecule has 3 rings (SSSR count). The Morgan fingerprint density at radius 2 is 1.50 bits per heavy atom. The minimum absolute atomic E-state index is 0.336. The fourth-order valence-electron chi connectivity index (χ4n) is 4.73. The summed E-state index contributed by atoms with van der Waals surface area (Å²) in [7, 11) is 0. The van der Waals surface area contributed by atoms with Crippen LogP contribution in [0.15, 0.2) is 0 Å². The second-order valence-electron chi connectivity index (χ2n) is 8.03. The predicted molar refractivity (Wildman–Crippen MR) is 85.1 cm³/mol. The van der Waals surface area contributed by atoms with Gasteiger partial charge in [0.15, 0.2) is 0 Å². The number of piperidine rings is 1. The number of piperazine rings is 1. The highest BCUT2D eigenvalue weighted by molar-refractivity contribution is 4.93. The molecule has 1 saturated carbocycles. The molecule has 116 valence electrons. The van der Waals surface area contributed by atoms with Crippen LogP contribution in [0.5, 0.6) is 0 Å². The lowest BCUT2D eigenvalue weighted by molar-refractivity contribution is 0.0332. The lowest BCUT2D eigenvalue weighted by atomic mass is 9.77. The van der Waals surface area contributed by atoms with Crippen molar-refractivity contribution in [1.29, 1.82) is 0 Å². The van der Waals surface area contributed by atoms with Gasteiger partial charge in [-0.3, -0.25) is 4.90 Å². The highest BCUT2D eigenvalue weighted by Crippen LogP contribution is 2.46. The summed E-state index contributed by atoms with van der Waals surface area (Å²) in [4.78, 5) is 5.43. The van der Waals surface area contributed by atoms with Gasteiger partial charge >= 0.3 is 0 Å². The third-order valence-corrected chi connectivity index (χ3v) is 6.16. The summed E-state index contributed by atoms with van der Waals surface area (Å²) in [6, 6.07) is 0. The van der Waals surface area contributed by atoms with Crippen molar-refractivity contribution in [3.63, 3.8) is 0 Å². The summed E-state index contributed by atoms with van der Waals surface area (Å²) in [5, 5.41) is 3.47. The first-order chi connectivity index (χ1) is 9.60. The smallest absolute Gasteiger partial charge is 0.0281 e. The first kappa shape index (κ1) is 14.8. The molecule has 0 radical (unpaired) electrons. The highest BCUT2D eigenvalue weighted by atomic mass is 15.3. The Morgan fingerprint density at radius 1 is 0.900 bits per heavy atom. The van der Waals surface area contributed by atoms with Crippen LogP contribution in [0.4, 0.5) is 0 Å². The van der Waals surface area contributed by atoms with Crippen LogP contribution in [0.3, 0.4) is 0 Å². The van der Waals surface area contributed by atoms with E-state index in [1.54, 1.807) is 0 Å². The molecule has 1 spiro atoms. The lowest BCUT2D eigenvalue weighted by Crippen LogP contribution is -2.58. The van der Waals surface area contributed by atoms with E-state index in [9.17, 15) is 0 Å². The molecule has 3 nitrogen and oxygen atoms in total. The van der Waals surface area contributed by atoms with Gasteiger partial charge in [0.05, 0.1) is 0 Å². The Labute approximate surface area is 125 Å². The summed E-state index contributed by atoms with van der Waals surface area (Å²) in [6.45, 7) is 13.6. The van der Waals surface area contributed by atoms with Crippen molar-refractivity contribution in [3.05, 3.63) is 0 Å². The second kappa shape index (κ2) is 5.94. The maximum absolute atomic E-state index is 3.47. The molecular weight excluding hydrogens is 246 g/mol. The molecule has 0 aromatic carbocycles. The van der Waals surface area contributed by atoms with Crippen molar-refractivity contribution in [2.24, 2.45) is 5.41 Å². The summed E-state index contributed by atoms with van der Waals surface area (Å²) >= 11 is 0. The van der Waals surface area contributed by atoms with Gasteiger partial charge in [-0.15, -0.1) is 0 Å². The van der Waals surface area contributed by atoms with E-state index in [1.165, 1.54) is 71.2 Å². The van der Waals surface area contributed by atoms with E-state index < -0.39 is 0 Å². The topological polar surface area (TPSA) is 18.5 Å². The van der Waals surface area contributed by atoms with Gasteiger partial charge in [-0.25, -0.2) is 0 Å². The molecule has 20 heavy (non-hydrogen) atoms. The molecule has 0 bridgehead atoms. The van der Waals surface area contributed by atoms with Gasteiger partial charge in [0.2, 0.25) is 0 Å². The summed E-state index contributed by atoms with van der Waals surface area (Å²) in [5.74, 6) is 0. The Hall–Kier alpha value is -0.120. The van der Waals surface area contributed by atoms with Gasteiger partial charge in [0.1, 0.15) is 0 Å². The van der Waals surface area contributed by atoms with Crippen molar-refractivity contribution < 1.29 is 0 Å². The van der Waals surface area contributed by atoms with Gasteiger partial charge in [0.25, 0.3) is 0 Å². The summed E-state index contributed by atoms with van der Waals surface area (Å²) in [5.41, 5.74) is 1.10. The predicted octanol–water partition coefficient (Wildman–Crippen LogP) is 2.33. The lowest BCUT2D eigenvalue weighted by Gasteiger charge is -2.47. The van der Waals surface area contributed by atoms with E-state index in [1.807, 2.05) is 0 Å². The van der Waals surface area contributed by atoms with Gasteiger partial charge in [-0.2, -0.15) is 0 Å². The number of nitrogens with zero attached hydrogens (tertiary/aromatic N) is 2. The van der Waals surface area contributed by atoms with Crippen LogP contribution in [-0.4, -0.2) is 61.2 Å². The van der Waals surface area contributed by atoms with Crippen LogP contribution in [0.1, 0.15) is 52.4 Å². The minimum atomic E-state index is 0.336. The molecular formula is C17H33N3. The van der Waals surface area contributed by atoms with E-state index in [2.05, 4.69) is 29.0 Å². The Bertz CT molecular complexity index is 304. The SMILES string of the molecule is CC(C)(CN1CCC2(CCCC2)CC1)N1CCNCC1. The molecule has 0 atom stereocenters. The molecule has 1 N–H and O–H groups in total. The zero-order chi connectivity index (χ0) is 14.1. The third-order valence-electron chi connectivity index (χ3n) is 6.16. The van der Waals surface area contributed by atoms with Crippen molar-refractivity contribution >= 4 is 0 Å². The van der Waals surface area contributed by atoms with Crippen LogP contribution >= 0.6 is 0 Å². The number of hydrogen-bond donors (Lipinski definition) is 1. The van der Waals surface area contributed by atoms with Crippen LogP contribution in [-0.2, 0) is 0 Å². The average molecular weight is 279 g/mol. The number of nitrogens with one attached hydrogen (secondary N) is 1. The maximum Gasteiger partial charge on any atom is 0.0281 e. The molecule has 0 amide bonds. The quantitative estimate of drug-likeness (QED) is 0.855. The van der Waals surface area contributed by atoms with Gasteiger partial charge < -0.3 is 10.2 Å². The average Bonchev–Trinajstić information content (AvgIpc) is 2.91. The normalized spacial score (nSPS) is 29.1. The van der Waals surface area contributed by atoms with Crippen LogP contribution in [0.2, 0.25) is 0 Å². The number of likely N-dealkylation sites (tertiary alicyclic amines) is 1. The zero-order valence-corrected chi connectivity index (χ0v) is 13.6. The van der Waals surface area contributed by atoms with E-state index >= 15 is 0 Å². The molecule has 0 aromatic heterocycles. The van der Waals surface area contributed by atoms with Crippen LogP contribution < -0.4 is 5.32 Å². The second-order valence-corrected chi connectivity index (χ2v) is 8.03. The van der Waals surface area contributed by atoms with Crippen molar-refractivity contribution in [3.8, 4) is 0 Å². The molecule has 3 aliphatic rings. The summed E-state index contributed by atoms with van der Waals surface area (Å²) in [6.07, 6.45) is 8.94. The Morgan fingerprint density at radius 3 is 2.10 bits per heavy atom. The standard InChI is InChI=1S/C17H33N3/c1-16(2,20-13-9-18-10-14-20)15-19-11-7-17(8-12-19)5-3-4-6-17/h18H,3-15H2,1-2H3. The number of hydrogen-bond acceptors (Lipinski definition) is 3. The molecule has 3 fully saturated rings. The van der Waals surface area contributed by atoms with E-state index in [0.717, 1.165) is 18.5 Å². The first-order valence-electron chi connectivity index (χ1n) is 8.78. The third kappa shape index (κ3) is 3.20. The van der Waals surface area contributed by atoms with Gasteiger partial charge in [0, 0.05) is 38.3 Å². The number of rotatable bonds is 3. The molecule has 2 aliphatic heterocycles. The molecule has 3 heteroatoms. The molecule has 2 heterocycles. The Balaban J connectivity index is 1.50. The Kier molecular flexibility index (Phi) is 4.40. The maximum atomic E-state index is 3.47. The monoisotopic (exact) mass is 279 g/mol. The molecule has 2 saturated heterocycles. The highest BCUT2D eigenvalue weighted by Gasteiger charge is 2.38. The molecule has 0 unspecified atom stereocenters. The largest absolute Gasteiger partial charge is 0.314 e. The zero-order valence-electron chi connectivity index (χ0n) is 13.6. The summed E-state index contributed by atoms with van der Waals surface area (Å²) < 4.78 is 0. The van der Waals surface area contributed by atoms with E-state index in [0.29, 0.717) is 5.54 Å². The van der Waals surface area contributed by atoms with Crippen LogP contribution in [0.25, 0.3) is 0 Å². The van der Waals surface area contributed by atoms with E-state index in [-0.39, 0.29) is 0 Å². The van der Waals surface area contributed by atoms with E-state index in [4.69, 9.17) is 0 Å². The molecule has 1 aliphatic carbocycles. The molecule has 0 aromatic rings.